The third kappa shape index (κ3) is 4.09. The molecule has 1 amide bonds. The van der Waals surface area contributed by atoms with Gasteiger partial charge in [-0.2, -0.15) is 0 Å². The van der Waals surface area contributed by atoms with Crippen LogP contribution in [-0.2, 0) is 11.2 Å². The lowest BCUT2D eigenvalue weighted by molar-refractivity contribution is -0.138. The Hall–Kier alpha value is -1.72. The number of hydrogen-bond acceptors (Lipinski definition) is 4. The molecular weight excluding hydrogens is 354 g/mol. The van der Waals surface area contributed by atoms with E-state index in [1.165, 1.54) is 23.5 Å². The molecule has 0 bridgehead atoms. The lowest BCUT2D eigenvalue weighted by atomic mass is 9.96. The zero-order valence-electron chi connectivity index (χ0n) is 16.1. The van der Waals surface area contributed by atoms with E-state index in [1.54, 1.807) is 11.3 Å². The fraction of sp³-hybridized carbons (Fsp3) is 0.545. The van der Waals surface area contributed by atoms with Crippen LogP contribution in [0.1, 0.15) is 60.8 Å². The number of carbonyl (C=O) groups is 1. The van der Waals surface area contributed by atoms with Gasteiger partial charge >= 0.3 is 0 Å². The van der Waals surface area contributed by atoms with Gasteiger partial charge in [0.1, 0.15) is 6.04 Å². The number of hydrogen-bond donors (Lipinski definition) is 0. The van der Waals surface area contributed by atoms with Gasteiger partial charge in [0.15, 0.2) is 0 Å². The molecule has 2 unspecified atom stereocenters. The highest BCUT2D eigenvalue weighted by molar-refractivity contribution is 7.09. The van der Waals surface area contributed by atoms with Gasteiger partial charge in [-0.25, -0.2) is 4.98 Å². The molecule has 3 heterocycles. The minimum absolute atomic E-state index is 0.130. The van der Waals surface area contributed by atoms with E-state index in [4.69, 9.17) is 4.98 Å². The van der Waals surface area contributed by atoms with E-state index in [-0.39, 0.29) is 11.9 Å². The highest BCUT2D eigenvalue weighted by Crippen LogP contribution is 2.33. The zero-order valence-corrected chi connectivity index (χ0v) is 17.0. The van der Waals surface area contributed by atoms with Crippen molar-refractivity contribution in [2.24, 2.45) is 0 Å². The van der Waals surface area contributed by atoms with Gasteiger partial charge in [0.2, 0.25) is 5.91 Å². The Morgan fingerprint density at radius 1 is 1.19 bits per heavy atom. The molecule has 144 valence electrons. The van der Waals surface area contributed by atoms with Crippen molar-refractivity contribution in [1.29, 1.82) is 0 Å². The largest absolute Gasteiger partial charge is 0.340 e. The molecule has 1 aromatic carbocycles. The van der Waals surface area contributed by atoms with Crippen molar-refractivity contribution in [2.45, 2.75) is 51.0 Å². The van der Waals surface area contributed by atoms with Crippen LogP contribution in [0.5, 0.6) is 0 Å². The van der Waals surface area contributed by atoms with Gasteiger partial charge in [0.05, 0.1) is 10.7 Å². The number of likely N-dealkylation sites (tertiary alicyclic amines) is 2. The summed E-state index contributed by atoms with van der Waals surface area (Å²) in [6.45, 7) is 5.88. The molecular formula is C22H29N3OS. The fourth-order valence-electron chi connectivity index (χ4n) is 4.37. The van der Waals surface area contributed by atoms with Gasteiger partial charge in [0.25, 0.3) is 0 Å². The predicted octanol–water partition coefficient (Wildman–Crippen LogP) is 4.25. The van der Waals surface area contributed by atoms with Gasteiger partial charge in [0, 0.05) is 24.4 Å². The van der Waals surface area contributed by atoms with Crippen LogP contribution in [0, 0.1) is 0 Å². The summed E-state index contributed by atoms with van der Waals surface area (Å²) in [6, 6.07) is 10.2. The molecule has 0 N–H and O–H groups in total. The van der Waals surface area contributed by atoms with Crippen LogP contribution in [0.4, 0.5) is 0 Å². The minimum atomic E-state index is -0.130. The van der Waals surface area contributed by atoms with E-state index in [2.05, 4.69) is 34.2 Å². The third-order valence-corrected chi connectivity index (χ3v) is 6.93. The number of carbonyl (C=O) groups excluding carboxylic acids is 1. The lowest BCUT2D eigenvalue weighted by Gasteiger charge is -2.37. The van der Waals surface area contributed by atoms with Gasteiger partial charge in [-0.15, -0.1) is 11.3 Å². The van der Waals surface area contributed by atoms with Gasteiger partial charge < -0.3 is 4.90 Å². The topological polar surface area (TPSA) is 36.4 Å². The standard InChI is InChI=1S/C22H29N3OS/c1-2-19-16-27-21(23-19)18-11-8-14-25(15-18)22(26)20(24-12-6-7-13-24)17-9-4-3-5-10-17/h3-5,9-10,16,18,20H,2,6-8,11-15H2,1H3. The van der Waals surface area contributed by atoms with Crippen LogP contribution in [0.3, 0.4) is 0 Å². The number of benzene rings is 1. The third-order valence-electron chi connectivity index (χ3n) is 5.87. The van der Waals surface area contributed by atoms with Crippen molar-refractivity contribution in [1.82, 2.24) is 14.8 Å². The Morgan fingerprint density at radius 3 is 2.67 bits per heavy atom. The summed E-state index contributed by atoms with van der Waals surface area (Å²) < 4.78 is 0. The Bertz CT molecular complexity index is 754. The normalized spacial score (nSPS) is 22.1. The highest BCUT2D eigenvalue weighted by Gasteiger charge is 2.35. The quantitative estimate of drug-likeness (QED) is 0.774. The molecule has 0 aliphatic carbocycles. The molecule has 0 spiro atoms. The van der Waals surface area contributed by atoms with Crippen molar-refractivity contribution in [2.75, 3.05) is 26.2 Å². The number of aryl methyl sites for hydroxylation is 1. The van der Waals surface area contributed by atoms with Crippen LogP contribution < -0.4 is 0 Å². The number of aromatic nitrogens is 1. The summed E-state index contributed by atoms with van der Waals surface area (Å²) in [6.07, 6.45) is 5.58. The number of nitrogens with zero attached hydrogens (tertiary/aromatic N) is 3. The maximum absolute atomic E-state index is 13.6. The summed E-state index contributed by atoms with van der Waals surface area (Å²) in [5.41, 5.74) is 2.31. The maximum Gasteiger partial charge on any atom is 0.244 e. The Balaban J connectivity index is 1.53. The summed E-state index contributed by atoms with van der Waals surface area (Å²) in [5.74, 6) is 0.670. The van der Waals surface area contributed by atoms with Crippen molar-refractivity contribution in [3.63, 3.8) is 0 Å². The van der Waals surface area contributed by atoms with Crippen LogP contribution in [0.2, 0.25) is 0 Å². The van der Waals surface area contributed by atoms with Crippen molar-refractivity contribution >= 4 is 17.2 Å². The second kappa shape index (κ2) is 8.53. The summed E-state index contributed by atoms with van der Waals surface area (Å²) >= 11 is 1.76. The van der Waals surface area contributed by atoms with E-state index in [0.29, 0.717) is 5.92 Å². The molecule has 2 aliphatic heterocycles. The molecule has 2 fully saturated rings. The number of piperidine rings is 1. The Morgan fingerprint density at radius 2 is 1.96 bits per heavy atom. The van der Waals surface area contributed by atoms with Gasteiger partial charge in [-0.3, -0.25) is 9.69 Å². The average Bonchev–Trinajstić information content (AvgIpc) is 3.41. The molecule has 2 aromatic rings. The van der Waals surface area contributed by atoms with Crippen LogP contribution in [-0.4, -0.2) is 46.9 Å². The average molecular weight is 384 g/mol. The second-order valence-electron chi connectivity index (χ2n) is 7.71. The first-order chi connectivity index (χ1) is 13.3. The summed E-state index contributed by atoms with van der Waals surface area (Å²) in [7, 11) is 0. The lowest BCUT2D eigenvalue weighted by Crippen LogP contribution is -2.46. The van der Waals surface area contributed by atoms with Crippen molar-refractivity contribution < 1.29 is 4.79 Å². The molecule has 5 heteroatoms. The van der Waals surface area contributed by atoms with E-state index in [0.717, 1.165) is 51.0 Å². The smallest absolute Gasteiger partial charge is 0.244 e. The zero-order chi connectivity index (χ0) is 18.6. The van der Waals surface area contributed by atoms with Gasteiger partial charge in [-0.05, 0) is 50.8 Å². The first-order valence-corrected chi connectivity index (χ1v) is 11.2. The van der Waals surface area contributed by atoms with E-state index in [1.807, 2.05) is 18.2 Å². The molecule has 2 saturated heterocycles. The Kier molecular flexibility index (Phi) is 5.89. The Labute approximate surface area is 166 Å². The van der Waals surface area contributed by atoms with E-state index < -0.39 is 0 Å². The number of thiazole rings is 1. The van der Waals surface area contributed by atoms with Crippen molar-refractivity contribution in [3.05, 3.63) is 52.0 Å². The first-order valence-electron chi connectivity index (χ1n) is 10.3. The van der Waals surface area contributed by atoms with Crippen LogP contribution in [0.25, 0.3) is 0 Å². The van der Waals surface area contributed by atoms with Crippen LogP contribution >= 0.6 is 11.3 Å². The number of amides is 1. The van der Waals surface area contributed by atoms with E-state index in [9.17, 15) is 4.79 Å². The number of rotatable bonds is 5. The molecule has 2 atom stereocenters. The molecule has 4 nitrogen and oxygen atoms in total. The second-order valence-corrected chi connectivity index (χ2v) is 8.60. The highest BCUT2D eigenvalue weighted by atomic mass is 32.1. The fourth-order valence-corrected chi connectivity index (χ4v) is 5.40. The molecule has 0 radical (unpaired) electrons. The van der Waals surface area contributed by atoms with E-state index >= 15 is 0 Å². The minimum Gasteiger partial charge on any atom is -0.340 e. The molecule has 27 heavy (non-hydrogen) atoms. The predicted molar refractivity (Wildman–Crippen MR) is 110 cm³/mol. The van der Waals surface area contributed by atoms with Crippen LogP contribution in [0.15, 0.2) is 35.7 Å². The monoisotopic (exact) mass is 383 g/mol. The maximum atomic E-state index is 13.6. The molecule has 0 saturated carbocycles. The molecule has 4 rings (SSSR count). The first kappa shape index (κ1) is 18.6. The van der Waals surface area contributed by atoms with Gasteiger partial charge in [-0.1, -0.05) is 37.3 Å². The molecule has 1 aromatic heterocycles. The SMILES string of the molecule is CCc1csc(C2CCCN(C(=O)C(c3ccccc3)N3CCCC3)C2)n1. The summed E-state index contributed by atoms with van der Waals surface area (Å²) in [4.78, 5) is 22.9. The molecule has 2 aliphatic rings. The van der Waals surface area contributed by atoms with Crippen molar-refractivity contribution in [3.8, 4) is 0 Å². The summed E-state index contributed by atoms with van der Waals surface area (Å²) in [5, 5.41) is 3.38.